The van der Waals surface area contributed by atoms with Crippen molar-refractivity contribution in [3.05, 3.63) is 53.5 Å². The second kappa shape index (κ2) is 4.91. The molecule has 0 amide bonds. The van der Waals surface area contributed by atoms with E-state index in [-0.39, 0.29) is 5.82 Å². The molecule has 0 atom stereocenters. The lowest BCUT2D eigenvalue weighted by Crippen LogP contribution is -2.20. The fourth-order valence-electron chi connectivity index (χ4n) is 2.60. The van der Waals surface area contributed by atoms with E-state index in [1.54, 1.807) is 22.7 Å². The number of halogens is 1. The highest BCUT2D eigenvalue weighted by Crippen LogP contribution is 2.22. The molecule has 0 aliphatic carbocycles. The largest absolute Gasteiger partial charge is 0.368 e. The Morgan fingerprint density at radius 2 is 2.00 bits per heavy atom. The second-order valence-corrected chi connectivity index (χ2v) is 5.20. The molecule has 1 aromatic carbocycles. The first-order chi connectivity index (χ1) is 10.7. The van der Waals surface area contributed by atoms with Crippen molar-refractivity contribution in [3.8, 4) is 11.4 Å². The van der Waals surface area contributed by atoms with Gasteiger partial charge in [0.2, 0.25) is 0 Å². The van der Waals surface area contributed by atoms with Crippen molar-refractivity contribution in [1.82, 2.24) is 19.9 Å². The van der Waals surface area contributed by atoms with Gasteiger partial charge in [-0.15, -0.1) is 5.10 Å². The standard InChI is InChI=1S/C16H14FN5/c1-10-6-7-12(14-18-8-9-19-14)16-20-15(21-22(10)16)11-4-2-3-5-13(11)17/h2-7H,8-9H2,1H3,(H,18,19). The summed E-state index contributed by atoms with van der Waals surface area (Å²) in [6.07, 6.45) is 0. The van der Waals surface area contributed by atoms with Gasteiger partial charge >= 0.3 is 0 Å². The number of nitrogens with zero attached hydrogens (tertiary/aromatic N) is 4. The van der Waals surface area contributed by atoms with E-state index in [0.717, 1.165) is 30.2 Å². The van der Waals surface area contributed by atoms with Crippen LogP contribution in [0.2, 0.25) is 0 Å². The quantitative estimate of drug-likeness (QED) is 0.788. The van der Waals surface area contributed by atoms with Crippen LogP contribution in [0.15, 0.2) is 41.4 Å². The van der Waals surface area contributed by atoms with E-state index in [1.165, 1.54) is 6.07 Å². The molecule has 22 heavy (non-hydrogen) atoms. The highest BCUT2D eigenvalue weighted by atomic mass is 19.1. The number of aromatic nitrogens is 3. The molecular weight excluding hydrogens is 281 g/mol. The van der Waals surface area contributed by atoms with Crippen LogP contribution in [0.3, 0.4) is 0 Å². The molecule has 0 unspecified atom stereocenters. The summed E-state index contributed by atoms with van der Waals surface area (Å²) in [6.45, 7) is 3.52. The first-order valence-electron chi connectivity index (χ1n) is 7.14. The normalized spacial score (nSPS) is 14.2. The van der Waals surface area contributed by atoms with Gasteiger partial charge in [-0.1, -0.05) is 12.1 Å². The maximum Gasteiger partial charge on any atom is 0.185 e. The lowest BCUT2D eigenvalue weighted by Gasteiger charge is -2.05. The minimum absolute atomic E-state index is 0.325. The van der Waals surface area contributed by atoms with E-state index < -0.39 is 0 Å². The Morgan fingerprint density at radius 3 is 2.77 bits per heavy atom. The van der Waals surface area contributed by atoms with Gasteiger partial charge in [0.25, 0.3) is 0 Å². The molecule has 1 aliphatic rings. The van der Waals surface area contributed by atoms with Gasteiger partial charge in [-0.3, -0.25) is 4.99 Å². The fourth-order valence-corrected chi connectivity index (χ4v) is 2.60. The van der Waals surface area contributed by atoms with Crippen molar-refractivity contribution in [3.63, 3.8) is 0 Å². The Labute approximate surface area is 126 Å². The number of nitrogens with one attached hydrogen (secondary N) is 1. The third-order valence-corrected chi connectivity index (χ3v) is 3.72. The summed E-state index contributed by atoms with van der Waals surface area (Å²) in [5.74, 6) is 0.874. The number of hydrogen-bond donors (Lipinski definition) is 1. The van der Waals surface area contributed by atoms with Crippen LogP contribution in [0, 0.1) is 12.7 Å². The van der Waals surface area contributed by atoms with Gasteiger partial charge in [0.1, 0.15) is 11.7 Å². The smallest absolute Gasteiger partial charge is 0.185 e. The van der Waals surface area contributed by atoms with Crippen molar-refractivity contribution >= 4 is 11.5 Å². The van der Waals surface area contributed by atoms with Crippen molar-refractivity contribution < 1.29 is 4.39 Å². The van der Waals surface area contributed by atoms with Gasteiger partial charge in [-0.25, -0.2) is 13.9 Å². The van der Waals surface area contributed by atoms with Crippen molar-refractivity contribution in [2.45, 2.75) is 6.92 Å². The third kappa shape index (κ3) is 1.95. The number of amidine groups is 1. The molecule has 0 spiro atoms. The molecule has 0 saturated carbocycles. The number of benzene rings is 1. The molecule has 3 aromatic rings. The molecule has 4 rings (SSSR count). The summed E-state index contributed by atoms with van der Waals surface area (Å²) >= 11 is 0. The number of aliphatic imine (C=N–C) groups is 1. The molecule has 0 bridgehead atoms. The lowest BCUT2D eigenvalue weighted by molar-refractivity contribution is 0.630. The van der Waals surface area contributed by atoms with E-state index in [1.807, 2.05) is 19.1 Å². The Balaban J connectivity index is 1.95. The van der Waals surface area contributed by atoms with E-state index >= 15 is 0 Å². The molecule has 1 N–H and O–H groups in total. The minimum atomic E-state index is -0.325. The van der Waals surface area contributed by atoms with Crippen LogP contribution >= 0.6 is 0 Å². The minimum Gasteiger partial charge on any atom is -0.368 e. The van der Waals surface area contributed by atoms with E-state index in [2.05, 4.69) is 20.4 Å². The van der Waals surface area contributed by atoms with E-state index in [9.17, 15) is 4.39 Å². The van der Waals surface area contributed by atoms with Crippen molar-refractivity contribution in [1.29, 1.82) is 0 Å². The molecule has 0 fully saturated rings. The highest BCUT2D eigenvalue weighted by molar-refractivity contribution is 6.04. The van der Waals surface area contributed by atoms with E-state index in [4.69, 9.17) is 0 Å². The zero-order valence-electron chi connectivity index (χ0n) is 12.0. The Kier molecular flexibility index (Phi) is 2.89. The van der Waals surface area contributed by atoms with Gasteiger partial charge in [0.15, 0.2) is 11.5 Å². The summed E-state index contributed by atoms with van der Waals surface area (Å²) in [6, 6.07) is 10.5. The first-order valence-corrected chi connectivity index (χ1v) is 7.14. The number of rotatable bonds is 2. The van der Waals surface area contributed by atoms with Gasteiger partial charge in [0.05, 0.1) is 17.7 Å². The van der Waals surface area contributed by atoms with Gasteiger partial charge < -0.3 is 5.32 Å². The van der Waals surface area contributed by atoms with Crippen LogP contribution in [-0.4, -0.2) is 33.5 Å². The molecule has 6 heteroatoms. The lowest BCUT2D eigenvalue weighted by atomic mass is 10.2. The van der Waals surface area contributed by atoms with Crippen molar-refractivity contribution in [2.75, 3.05) is 13.1 Å². The average molecular weight is 295 g/mol. The molecule has 0 radical (unpaired) electrons. The van der Waals surface area contributed by atoms with Crippen LogP contribution < -0.4 is 5.32 Å². The van der Waals surface area contributed by atoms with Gasteiger partial charge in [-0.2, -0.15) is 0 Å². The Morgan fingerprint density at radius 1 is 1.14 bits per heavy atom. The second-order valence-electron chi connectivity index (χ2n) is 5.20. The summed E-state index contributed by atoms with van der Waals surface area (Å²) in [5, 5.41) is 7.70. The molecule has 3 heterocycles. The molecule has 0 saturated heterocycles. The van der Waals surface area contributed by atoms with Gasteiger partial charge in [0, 0.05) is 12.2 Å². The zero-order chi connectivity index (χ0) is 15.1. The highest BCUT2D eigenvalue weighted by Gasteiger charge is 2.18. The Hall–Kier alpha value is -2.76. The fraction of sp³-hybridized carbons (Fsp3) is 0.188. The maximum atomic E-state index is 14.0. The van der Waals surface area contributed by atoms with Crippen LogP contribution in [0.5, 0.6) is 0 Å². The third-order valence-electron chi connectivity index (χ3n) is 3.72. The van der Waals surface area contributed by atoms with Crippen LogP contribution in [-0.2, 0) is 0 Å². The summed E-state index contributed by atoms with van der Waals surface area (Å²) in [4.78, 5) is 8.98. The van der Waals surface area contributed by atoms with Crippen LogP contribution in [0.1, 0.15) is 11.3 Å². The van der Waals surface area contributed by atoms with Gasteiger partial charge in [-0.05, 0) is 31.2 Å². The number of hydrogen-bond acceptors (Lipinski definition) is 4. The Bertz CT molecular complexity index is 897. The monoisotopic (exact) mass is 295 g/mol. The molecule has 2 aromatic heterocycles. The summed E-state index contributed by atoms with van der Waals surface area (Å²) < 4.78 is 15.7. The molecule has 110 valence electrons. The number of aryl methyl sites for hydroxylation is 1. The van der Waals surface area contributed by atoms with Crippen molar-refractivity contribution in [2.24, 2.45) is 4.99 Å². The summed E-state index contributed by atoms with van der Waals surface area (Å²) in [7, 11) is 0. The maximum absolute atomic E-state index is 14.0. The molecular formula is C16H14FN5. The summed E-state index contributed by atoms with van der Waals surface area (Å²) in [5.41, 5.74) is 2.91. The number of fused-ring (bicyclic) bond motifs is 1. The topological polar surface area (TPSA) is 54.6 Å². The van der Waals surface area contributed by atoms with Crippen LogP contribution in [0.25, 0.3) is 17.0 Å². The SMILES string of the molecule is Cc1ccc(C2=NCCN2)c2nc(-c3ccccc3F)nn12. The molecule has 5 nitrogen and oxygen atoms in total. The molecule has 1 aliphatic heterocycles. The predicted octanol–water partition coefficient (Wildman–Crippen LogP) is 2.19. The predicted molar refractivity (Wildman–Crippen MR) is 82.5 cm³/mol. The average Bonchev–Trinajstić information content (AvgIpc) is 3.17. The first kappa shape index (κ1) is 12.9. The van der Waals surface area contributed by atoms with Crippen LogP contribution in [0.4, 0.5) is 4.39 Å². The zero-order valence-corrected chi connectivity index (χ0v) is 12.0. The number of pyridine rings is 1. The van der Waals surface area contributed by atoms with E-state index in [0.29, 0.717) is 17.0 Å².